The van der Waals surface area contributed by atoms with E-state index in [0.29, 0.717) is 0 Å². The smallest absolute Gasteiger partial charge is 0.134 e. The van der Waals surface area contributed by atoms with Gasteiger partial charge in [0.25, 0.3) is 0 Å². The second-order valence-electron chi connectivity index (χ2n) is 4.68. The second kappa shape index (κ2) is 6.25. The molecule has 17 heavy (non-hydrogen) atoms. The highest BCUT2D eigenvalue weighted by Gasteiger charge is 2.14. The van der Waals surface area contributed by atoms with Crippen LogP contribution in [0.4, 0.5) is 0 Å². The van der Waals surface area contributed by atoms with E-state index in [9.17, 15) is 0 Å². The minimum atomic E-state index is 0.739. The minimum Gasteiger partial charge on any atom is -0.492 e. The van der Waals surface area contributed by atoms with E-state index in [1.54, 1.807) is 0 Å². The van der Waals surface area contributed by atoms with Crippen LogP contribution < -0.4 is 4.74 Å². The molecule has 0 saturated heterocycles. The van der Waals surface area contributed by atoms with Gasteiger partial charge in [0.2, 0.25) is 0 Å². The molecule has 2 heteroatoms. The summed E-state index contributed by atoms with van der Waals surface area (Å²) >= 11 is 3.57. The van der Waals surface area contributed by atoms with Crippen LogP contribution >= 0.6 is 15.9 Å². The van der Waals surface area contributed by atoms with E-state index in [0.717, 1.165) is 28.3 Å². The Balaban J connectivity index is 1.96. The fourth-order valence-corrected chi connectivity index (χ4v) is 2.90. The van der Waals surface area contributed by atoms with Crippen molar-refractivity contribution in [2.45, 2.75) is 32.1 Å². The summed E-state index contributed by atoms with van der Waals surface area (Å²) < 4.78 is 6.94. The summed E-state index contributed by atoms with van der Waals surface area (Å²) in [6.45, 7) is 4.64. The third kappa shape index (κ3) is 3.35. The molecule has 1 aromatic carbocycles. The first-order chi connectivity index (χ1) is 8.31. The fourth-order valence-electron chi connectivity index (χ4n) is 2.36. The zero-order valence-electron chi connectivity index (χ0n) is 10.1. The Bertz CT molecular complexity index is 381. The molecule has 0 atom stereocenters. The molecule has 0 aliphatic heterocycles. The topological polar surface area (TPSA) is 9.23 Å². The molecule has 1 nitrogen and oxygen atoms in total. The number of benzene rings is 1. The Morgan fingerprint density at radius 1 is 1.29 bits per heavy atom. The molecule has 1 fully saturated rings. The maximum Gasteiger partial charge on any atom is 0.134 e. The average Bonchev–Trinajstić information content (AvgIpc) is 2.39. The lowest BCUT2D eigenvalue weighted by Gasteiger charge is -2.22. The molecule has 1 aliphatic rings. The molecule has 1 saturated carbocycles. The number of hydrogen-bond acceptors (Lipinski definition) is 1. The number of halogens is 1. The maximum atomic E-state index is 5.92. The molecule has 0 amide bonds. The average molecular weight is 295 g/mol. The van der Waals surface area contributed by atoms with Crippen molar-refractivity contribution in [1.82, 2.24) is 0 Å². The van der Waals surface area contributed by atoms with Gasteiger partial charge in [0.1, 0.15) is 5.75 Å². The van der Waals surface area contributed by atoms with Gasteiger partial charge in [0.15, 0.2) is 0 Å². The van der Waals surface area contributed by atoms with Crippen molar-refractivity contribution in [1.29, 1.82) is 0 Å². The van der Waals surface area contributed by atoms with Gasteiger partial charge in [-0.1, -0.05) is 44.1 Å². The molecule has 0 aromatic heterocycles. The van der Waals surface area contributed by atoms with Gasteiger partial charge in [0.05, 0.1) is 11.1 Å². The fraction of sp³-hybridized carbons (Fsp3) is 0.467. The number of rotatable bonds is 4. The van der Waals surface area contributed by atoms with Gasteiger partial charge in [-0.25, -0.2) is 0 Å². The predicted octanol–water partition coefficient (Wildman–Crippen LogP) is 5.05. The zero-order chi connectivity index (χ0) is 12.1. The molecule has 1 aromatic rings. The standard InChI is InChI=1S/C15H19BrO/c1-2-13-9-6-10-14(15(13)16)17-11-12-7-4-3-5-8-12/h2,6,9-10,12H,1,3-5,7-8,11H2. The molecular formula is C15H19BrO. The van der Waals surface area contributed by atoms with Crippen LogP contribution in [0.1, 0.15) is 37.7 Å². The summed E-state index contributed by atoms with van der Waals surface area (Å²) in [7, 11) is 0. The van der Waals surface area contributed by atoms with Gasteiger partial charge in [-0.05, 0) is 46.3 Å². The van der Waals surface area contributed by atoms with Crippen molar-refractivity contribution in [3.8, 4) is 5.75 Å². The lowest BCUT2D eigenvalue weighted by atomic mass is 9.90. The van der Waals surface area contributed by atoms with Crippen molar-refractivity contribution in [3.63, 3.8) is 0 Å². The highest BCUT2D eigenvalue weighted by atomic mass is 79.9. The van der Waals surface area contributed by atoms with Gasteiger partial charge >= 0.3 is 0 Å². The summed E-state index contributed by atoms with van der Waals surface area (Å²) in [6, 6.07) is 6.06. The van der Waals surface area contributed by atoms with Crippen LogP contribution in [0.3, 0.4) is 0 Å². The first-order valence-electron chi connectivity index (χ1n) is 6.35. The third-order valence-electron chi connectivity index (χ3n) is 3.41. The van der Waals surface area contributed by atoms with E-state index in [-0.39, 0.29) is 0 Å². The Hall–Kier alpha value is -0.760. The Morgan fingerprint density at radius 3 is 2.76 bits per heavy atom. The van der Waals surface area contributed by atoms with Crippen molar-refractivity contribution in [2.24, 2.45) is 5.92 Å². The van der Waals surface area contributed by atoms with Crippen molar-refractivity contribution >= 4 is 22.0 Å². The maximum absolute atomic E-state index is 5.92. The molecule has 0 unspecified atom stereocenters. The SMILES string of the molecule is C=Cc1cccc(OCC2CCCCC2)c1Br. The summed E-state index contributed by atoms with van der Waals surface area (Å²) in [5.74, 6) is 1.68. The van der Waals surface area contributed by atoms with Crippen molar-refractivity contribution in [2.75, 3.05) is 6.61 Å². The van der Waals surface area contributed by atoms with E-state index < -0.39 is 0 Å². The van der Waals surface area contributed by atoms with E-state index in [2.05, 4.69) is 22.5 Å². The first kappa shape index (κ1) is 12.7. The first-order valence-corrected chi connectivity index (χ1v) is 7.14. The zero-order valence-corrected chi connectivity index (χ0v) is 11.7. The quantitative estimate of drug-likeness (QED) is 0.755. The van der Waals surface area contributed by atoms with E-state index in [1.807, 2.05) is 24.3 Å². The van der Waals surface area contributed by atoms with Crippen LogP contribution in [0.25, 0.3) is 6.08 Å². The van der Waals surface area contributed by atoms with Crippen molar-refractivity contribution < 1.29 is 4.74 Å². The minimum absolute atomic E-state index is 0.739. The van der Waals surface area contributed by atoms with Crippen LogP contribution in [0, 0.1) is 5.92 Å². The molecule has 1 aliphatic carbocycles. The highest BCUT2D eigenvalue weighted by Crippen LogP contribution is 2.31. The second-order valence-corrected chi connectivity index (χ2v) is 5.47. The van der Waals surface area contributed by atoms with Gasteiger partial charge in [-0.3, -0.25) is 0 Å². The number of hydrogen-bond donors (Lipinski definition) is 0. The molecule has 0 radical (unpaired) electrons. The molecule has 0 N–H and O–H groups in total. The van der Waals surface area contributed by atoms with Gasteiger partial charge < -0.3 is 4.74 Å². The van der Waals surface area contributed by atoms with Crippen LogP contribution in [0.15, 0.2) is 29.3 Å². The normalized spacial score (nSPS) is 16.8. The van der Waals surface area contributed by atoms with Gasteiger partial charge in [0, 0.05) is 0 Å². The molecule has 92 valence electrons. The molecular weight excluding hydrogens is 276 g/mol. The largest absolute Gasteiger partial charge is 0.492 e. The summed E-state index contributed by atoms with van der Waals surface area (Å²) in [5, 5.41) is 0. The third-order valence-corrected chi connectivity index (χ3v) is 4.26. The monoisotopic (exact) mass is 294 g/mol. The summed E-state index contributed by atoms with van der Waals surface area (Å²) in [5.41, 5.74) is 1.09. The lowest BCUT2D eigenvalue weighted by molar-refractivity contribution is 0.208. The summed E-state index contributed by atoms with van der Waals surface area (Å²) in [4.78, 5) is 0. The van der Waals surface area contributed by atoms with E-state index >= 15 is 0 Å². The van der Waals surface area contributed by atoms with Gasteiger partial charge in [-0.2, -0.15) is 0 Å². The number of ether oxygens (including phenoxy) is 1. The summed E-state index contributed by atoms with van der Waals surface area (Å²) in [6.07, 6.45) is 8.60. The van der Waals surface area contributed by atoms with Crippen molar-refractivity contribution in [3.05, 3.63) is 34.8 Å². The molecule has 0 heterocycles. The molecule has 0 spiro atoms. The van der Waals surface area contributed by atoms with Crippen LogP contribution in [0.5, 0.6) is 5.75 Å². The Labute approximate surface area is 112 Å². The van der Waals surface area contributed by atoms with Crippen LogP contribution in [0.2, 0.25) is 0 Å². The van der Waals surface area contributed by atoms with E-state index in [1.165, 1.54) is 32.1 Å². The van der Waals surface area contributed by atoms with E-state index in [4.69, 9.17) is 4.74 Å². The lowest BCUT2D eigenvalue weighted by Crippen LogP contribution is -2.15. The van der Waals surface area contributed by atoms with Crippen LogP contribution in [-0.4, -0.2) is 6.61 Å². The predicted molar refractivity (Wildman–Crippen MR) is 76.3 cm³/mol. The Kier molecular flexibility index (Phi) is 4.66. The van der Waals surface area contributed by atoms with Crippen LogP contribution in [-0.2, 0) is 0 Å². The van der Waals surface area contributed by atoms with Gasteiger partial charge in [-0.15, -0.1) is 0 Å². The molecule has 2 rings (SSSR count). The highest BCUT2D eigenvalue weighted by molar-refractivity contribution is 9.10. The Morgan fingerprint density at radius 2 is 2.06 bits per heavy atom. The molecule has 0 bridgehead atoms.